The van der Waals surface area contributed by atoms with Gasteiger partial charge in [0, 0.05) is 68.8 Å². The van der Waals surface area contributed by atoms with Crippen LogP contribution in [0, 0.1) is 46.5 Å². The number of rotatable bonds is 22. The zero-order valence-electron chi connectivity index (χ0n) is 60.2. The van der Waals surface area contributed by atoms with Gasteiger partial charge in [-0.15, -0.1) is 0 Å². The van der Waals surface area contributed by atoms with Crippen LogP contribution in [0.1, 0.15) is 131 Å². The number of amides is 2. The Bertz CT molecular complexity index is 4510. The van der Waals surface area contributed by atoms with Gasteiger partial charge in [-0.1, -0.05) is 0 Å². The summed E-state index contributed by atoms with van der Waals surface area (Å²) in [5, 5.41) is 0. The summed E-state index contributed by atoms with van der Waals surface area (Å²) in [6.07, 6.45) is 2.39. The summed E-state index contributed by atoms with van der Waals surface area (Å²) in [6.45, 7) is -3.70. The van der Waals surface area contributed by atoms with E-state index < -0.39 is 146 Å². The van der Waals surface area contributed by atoms with Crippen LogP contribution in [0.2, 0.25) is 0 Å². The smallest absolute Gasteiger partial charge is 0.357 e. The number of primary amides is 2. The van der Waals surface area contributed by atoms with Crippen molar-refractivity contribution in [2.24, 2.45) is 11.5 Å². The number of fused-ring (bicyclic) bond motifs is 4. The van der Waals surface area contributed by atoms with Crippen LogP contribution in [0.3, 0.4) is 0 Å². The van der Waals surface area contributed by atoms with Crippen LogP contribution in [0.5, 0.6) is 23.5 Å². The predicted octanol–water partition coefficient (Wildman–Crippen LogP) is 15.9. The zero-order chi connectivity index (χ0) is 81.9. The van der Waals surface area contributed by atoms with Crippen molar-refractivity contribution in [2.45, 2.75) is 142 Å². The molecule has 8 heterocycles. The summed E-state index contributed by atoms with van der Waals surface area (Å²) >= 11 is 0. The van der Waals surface area contributed by atoms with Gasteiger partial charge in [0.15, 0.2) is 11.4 Å². The fraction of sp³-hybridized carbons (Fsp3) is 0.368. The van der Waals surface area contributed by atoms with Gasteiger partial charge < -0.3 is 58.8 Å². The second-order valence-electron chi connectivity index (χ2n) is 26.5. The largest absolute Gasteiger partial charge is 0.469 e. The Labute approximate surface area is 627 Å². The van der Waals surface area contributed by atoms with Gasteiger partial charge >= 0.3 is 38.4 Å². The van der Waals surface area contributed by atoms with Gasteiger partial charge in [0.2, 0.25) is 23.5 Å². The van der Waals surface area contributed by atoms with E-state index in [4.69, 9.17) is 39.9 Å². The van der Waals surface area contributed by atoms with Crippen LogP contribution in [-0.2, 0) is 54.1 Å². The molecule has 4 aliphatic heterocycles. The Kier molecular flexibility index (Phi) is 27.6. The molecule has 20 nitrogen and oxygen atoms in total. The first-order valence-electron chi connectivity index (χ1n) is 34.1. The van der Waals surface area contributed by atoms with Gasteiger partial charge in [-0.25, -0.2) is 64.6 Å². The lowest BCUT2D eigenvalue weighted by atomic mass is 9.89. The van der Waals surface area contributed by atoms with E-state index in [0.29, 0.717) is 84.7 Å². The highest BCUT2D eigenvalue weighted by Crippen LogP contribution is 2.45. The summed E-state index contributed by atoms with van der Waals surface area (Å²) < 4.78 is 260. The highest BCUT2D eigenvalue weighted by molar-refractivity contribution is 5.94. The molecule has 12 rings (SSSR count). The van der Waals surface area contributed by atoms with Gasteiger partial charge in [-0.3, -0.25) is 9.59 Å². The van der Waals surface area contributed by atoms with E-state index in [1.807, 2.05) is 0 Å². The number of pyridine rings is 4. The number of carbonyl (C=O) groups excluding carboxylic acids is 4. The van der Waals surface area contributed by atoms with Crippen molar-refractivity contribution in [3.05, 3.63) is 189 Å². The number of ether oxygens (including phenoxy) is 10. The highest BCUT2D eigenvalue weighted by atomic mass is 19.3. The lowest BCUT2D eigenvalue weighted by Crippen LogP contribution is -2.42. The maximum atomic E-state index is 14.4. The Morgan fingerprint density at radius 1 is 0.357 bits per heavy atom. The van der Waals surface area contributed by atoms with Crippen molar-refractivity contribution in [2.75, 3.05) is 39.6 Å². The van der Waals surface area contributed by atoms with Gasteiger partial charge in [0.1, 0.15) is 80.3 Å². The maximum absolute atomic E-state index is 14.4. The van der Waals surface area contributed by atoms with Gasteiger partial charge in [-0.2, -0.15) is 35.1 Å². The molecule has 0 radical (unpaired) electrons. The fourth-order valence-electron chi connectivity index (χ4n) is 12.2. The third-order valence-corrected chi connectivity index (χ3v) is 17.8. The first kappa shape index (κ1) is 85.3. The summed E-state index contributed by atoms with van der Waals surface area (Å²) in [6, 6.07) is 17.6. The van der Waals surface area contributed by atoms with Crippen LogP contribution < -0.4 is 30.4 Å². The van der Waals surface area contributed by atoms with Crippen molar-refractivity contribution in [1.29, 1.82) is 0 Å². The van der Waals surface area contributed by atoms with Crippen molar-refractivity contribution in [3.8, 4) is 68.0 Å². The summed E-state index contributed by atoms with van der Waals surface area (Å²) in [4.78, 5) is 64.0. The molecule has 0 spiro atoms. The summed E-state index contributed by atoms with van der Waals surface area (Å²) in [5.41, 5.74) is 8.79. The number of benzene rings is 4. The molecule has 8 aromatic rings. The Hall–Kier alpha value is -10.7. The molecule has 0 aliphatic carbocycles. The number of nitrogens with zero attached hydrogens (tertiary/aromatic N) is 4. The average molecular weight is 1600 g/mol. The van der Waals surface area contributed by atoms with Crippen molar-refractivity contribution in [1.82, 2.24) is 19.9 Å². The standard InChI is InChI=1S/2C20H19F4NO4.2C18H16F4N2O3/c2*1-3-27-18(26)16-9-14(12-5-4-11(21)8-15(12)22)13-6-7-20(2,10-28-19(23)24)29-17(13)25-16;2*1-18(8-26-17(21)22)5-4-11-12(10-3-2-9(19)6-13(10)20)7-14(15(23)25)24-16(11)27-18/h2*4-5,8-9,19H,3,6-7,10H2,1-2H3;2*2-3,6-7,17H,4-5,8H2,1H3,(H2,23,25)/t2*20-;2*18-/m1010/s1. The molecule has 4 aliphatic rings. The van der Waals surface area contributed by atoms with Crippen LogP contribution >= 0.6 is 0 Å². The van der Waals surface area contributed by atoms with Crippen molar-refractivity contribution in [3.63, 3.8) is 0 Å². The van der Waals surface area contributed by atoms with Crippen LogP contribution in [0.4, 0.5) is 70.2 Å². The fourth-order valence-corrected chi connectivity index (χ4v) is 12.2. The molecule has 0 unspecified atom stereocenters. The average Bonchev–Trinajstić information content (AvgIpc) is 0.780. The van der Waals surface area contributed by atoms with E-state index in [1.54, 1.807) is 41.5 Å². The molecule has 4 aromatic heterocycles. The molecular formula is C76H70F16N6O14. The molecule has 0 bridgehead atoms. The molecular weight excluding hydrogens is 1520 g/mol. The van der Waals surface area contributed by atoms with Crippen molar-refractivity contribution < 1.29 is 137 Å². The number of esters is 2. The number of carbonyl (C=O) groups is 4. The van der Waals surface area contributed by atoms with Gasteiger partial charge in [0.05, 0.1) is 39.6 Å². The minimum Gasteiger partial charge on any atom is -0.469 e. The van der Waals surface area contributed by atoms with E-state index in [2.05, 4.69) is 38.9 Å². The lowest BCUT2D eigenvalue weighted by Gasteiger charge is -2.35. The molecule has 36 heteroatoms. The molecule has 4 N–H and O–H groups in total. The molecule has 600 valence electrons. The third-order valence-electron chi connectivity index (χ3n) is 17.8. The number of halogens is 16. The topological polar surface area (TPSA) is 264 Å². The second kappa shape index (κ2) is 36.2. The molecule has 2 amide bonds. The first-order valence-corrected chi connectivity index (χ1v) is 34.1. The van der Waals surface area contributed by atoms with Gasteiger partial charge in [-0.05, 0) is 188 Å². The van der Waals surface area contributed by atoms with E-state index in [-0.39, 0.29) is 92.9 Å². The number of alkyl halides is 8. The monoisotopic (exact) mass is 1590 g/mol. The van der Waals surface area contributed by atoms with E-state index in [9.17, 15) is 89.4 Å². The first-order chi connectivity index (χ1) is 52.8. The minimum atomic E-state index is -2.96. The Balaban J connectivity index is 0.000000172. The van der Waals surface area contributed by atoms with Gasteiger partial charge in [0.25, 0.3) is 11.8 Å². The molecule has 112 heavy (non-hydrogen) atoms. The number of nitrogens with two attached hydrogens (primary N) is 2. The zero-order valence-corrected chi connectivity index (χ0v) is 60.2. The minimum absolute atomic E-state index is 0.000828. The van der Waals surface area contributed by atoms with E-state index in [1.165, 1.54) is 48.5 Å². The van der Waals surface area contributed by atoms with E-state index in [0.717, 1.165) is 48.5 Å². The van der Waals surface area contributed by atoms with Crippen LogP contribution in [-0.4, -0.2) is 132 Å². The maximum Gasteiger partial charge on any atom is 0.357 e. The second-order valence-corrected chi connectivity index (χ2v) is 26.5. The highest BCUT2D eigenvalue weighted by Gasteiger charge is 2.41. The predicted molar refractivity (Wildman–Crippen MR) is 365 cm³/mol. The quantitative estimate of drug-likeness (QED) is 0.0472. The molecule has 4 atom stereocenters. The lowest BCUT2D eigenvalue weighted by molar-refractivity contribution is -0.164. The number of aromatic nitrogens is 4. The van der Waals surface area contributed by atoms with Crippen molar-refractivity contribution >= 4 is 23.8 Å². The molecule has 0 saturated heterocycles. The molecule has 0 saturated carbocycles. The number of hydrogen-bond acceptors (Lipinski definition) is 18. The number of hydrogen-bond donors (Lipinski definition) is 2. The SMILES string of the molecule is CCOC(=O)c1cc(-c2ccc(F)cc2F)c2c(n1)O[C@@](C)(COC(F)F)CC2.CCOC(=O)c1cc(-c2ccc(F)cc2F)c2c(n1)O[C@](C)(COC(F)F)CC2.C[C@@]1(COC(F)F)CCc2c(-c3ccc(F)cc3F)cc(C(N)=O)nc2O1.C[C@]1(COC(F)F)CCc2c(-c3ccc(F)cc3F)cc(C(N)=O)nc2O1. The van der Waals surface area contributed by atoms with E-state index >= 15 is 0 Å². The normalized spacial score (nSPS) is 18.6. The molecule has 0 fully saturated rings. The third kappa shape index (κ3) is 21.5. The van der Waals surface area contributed by atoms with Crippen LogP contribution in [0.25, 0.3) is 44.5 Å². The summed E-state index contributed by atoms with van der Waals surface area (Å²) in [7, 11) is 0. The Morgan fingerprint density at radius 3 is 0.768 bits per heavy atom. The Morgan fingerprint density at radius 2 is 0.571 bits per heavy atom. The summed E-state index contributed by atoms with van der Waals surface area (Å²) in [5.74, 6) is -9.55. The molecule has 4 aromatic carbocycles. The van der Waals surface area contributed by atoms with Crippen LogP contribution in [0.15, 0.2) is 97.1 Å².